The van der Waals surface area contributed by atoms with Gasteiger partial charge in [0, 0.05) is 10.9 Å². The average Bonchev–Trinajstić information content (AvgIpc) is 2.97. The van der Waals surface area contributed by atoms with E-state index < -0.39 is 5.91 Å². The maximum atomic E-state index is 12.7. The summed E-state index contributed by atoms with van der Waals surface area (Å²) in [6, 6.07) is 14.2. The van der Waals surface area contributed by atoms with Crippen molar-refractivity contribution < 1.29 is 9.21 Å². The van der Waals surface area contributed by atoms with Crippen LogP contribution in [0.3, 0.4) is 0 Å². The van der Waals surface area contributed by atoms with Crippen LogP contribution in [0.2, 0.25) is 0 Å². The predicted molar refractivity (Wildman–Crippen MR) is 89.8 cm³/mol. The predicted octanol–water partition coefficient (Wildman–Crippen LogP) is 2.29. The van der Waals surface area contributed by atoms with Crippen LogP contribution in [0.15, 0.2) is 64.1 Å². The summed E-state index contributed by atoms with van der Waals surface area (Å²) in [5.41, 5.74) is 7.62. The van der Waals surface area contributed by atoms with E-state index in [1.54, 1.807) is 24.3 Å². The van der Waals surface area contributed by atoms with Crippen molar-refractivity contribution in [3.63, 3.8) is 0 Å². The second-order valence-corrected chi connectivity index (χ2v) is 5.52. The molecule has 0 saturated heterocycles. The molecule has 0 fully saturated rings. The van der Waals surface area contributed by atoms with Crippen molar-refractivity contribution in [2.45, 2.75) is 6.54 Å². The number of carbonyl (C=O) groups excluding carboxylic acids is 1. The summed E-state index contributed by atoms with van der Waals surface area (Å²) in [5, 5.41) is 0.812. The highest BCUT2D eigenvalue weighted by atomic mass is 16.3. The fourth-order valence-electron chi connectivity index (χ4n) is 2.75. The Morgan fingerprint density at radius 1 is 1.17 bits per heavy atom. The summed E-state index contributed by atoms with van der Waals surface area (Å²) in [5.74, 6) is -0.505. The number of carbonyl (C=O) groups is 1. The van der Waals surface area contributed by atoms with Crippen LogP contribution in [-0.4, -0.2) is 15.5 Å². The number of benzene rings is 2. The van der Waals surface area contributed by atoms with Gasteiger partial charge in [0.25, 0.3) is 5.56 Å². The molecule has 0 aliphatic heterocycles. The summed E-state index contributed by atoms with van der Waals surface area (Å²) in [6.07, 6.45) is 1.49. The Balaban J connectivity index is 1.82. The molecule has 2 aromatic carbocycles. The molecule has 2 N–H and O–H groups in total. The molecule has 0 radical (unpaired) electrons. The van der Waals surface area contributed by atoms with Gasteiger partial charge in [-0.05, 0) is 29.8 Å². The number of para-hydroxylation sites is 1. The largest absolute Gasteiger partial charge is 0.448 e. The fourth-order valence-corrected chi connectivity index (χ4v) is 2.75. The number of nitrogens with zero attached hydrogens (tertiary/aromatic N) is 2. The molecule has 6 nitrogen and oxygen atoms in total. The third kappa shape index (κ3) is 2.25. The minimum atomic E-state index is -0.505. The molecule has 24 heavy (non-hydrogen) atoms. The molecule has 4 aromatic rings. The highest BCUT2D eigenvalue weighted by molar-refractivity contribution is 6.01. The van der Waals surface area contributed by atoms with E-state index in [9.17, 15) is 9.59 Å². The summed E-state index contributed by atoms with van der Waals surface area (Å²) >= 11 is 0. The van der Waals surface area contributed by atoms with E-state index in [0.717, 1.165) is 10.9 Å². The molecule has 0 bridgehead atoms. The van der Waals surface area contributed by atoms with Crippen LogP contribution in [0.1, 0.15) is 15.9 Å². The number of hydrogen-bond acceptors (Lipinski definition) is 4. The summed E-state index contributed by atoms with van der Waals surface area (Å²) in [4.78, 5) is 28.3. The van der Waals surface area contributed by atoms with E-state index in [1.807, 2.05) is 24.3 Å². The number of fused-ring (bicyclic) bond motifs is 3. The van der Waals surface area contributed by atoms with Crippen molar-refractivity contribution in [1.29, 1.82) is 0 Å². The standard InChI is InChI=1S/C18H13N3O3/c19-17(22)12-5-3-4-11(8-12)9-21-10-20-15-13-6-1-2-7-14(13)24-16(15)18(21)23/h1-8,10H,9H2,(H2,19,22). The van der Waals surface area contributed by atoms with Gasteiger partial charge in [-0.2, -0.15) is 0 Å². The molecule has 0 saturated carbocycles. The number of hydrogen-bond donors (Lipinski definition) is 1. The van der Waals surface area contributed by atoms with Gasteiger partial charge in [-0.3, -0.25) is 14.2 Å². The fraction of sp³-hybridized carbons (Fsp3) is 0.0556. The Morgan fingerprint density at radius 2 is 2.00 bits per heavy atom. The number of aromatic nitrogens is 2. The van der Waals surface area contributed by atoms with E-state index in [4.69, 9.17) is 10.2 Å². The average molecular weight is 319 g/mol. The first-order valence-corrected chi connectivity index (χ1v) is 7.39. The van der Waals surface area contributed by atoms with Crippen LogP contribution in [-0.2, 0) is 6.54 Å². The zero-order chi connectivity index (χ0) is 16.7. The van der Waals surface area contributed by atoms with Crippen molar-refractivity contribution in [3.05, 3.63) is 76.3 Å². The highest BCUT2D eigenvalue weighted by Gasteiger charge is 2.13. The van der Waals surface area contributed by atoms with Crippen LogP contribution < -0.4 is 11.3 Å². The summed E-state index contributed by atoms with van der Waals surface area (Å²) in [6.45, 7) is 0.278. The number of amides is 1. The molecule has 0 unspecified atom stereocenters. The van der Waals surface area contributed by atoms with Crippen LogP contribution in [0.5, 0.6) is 0 Å². The Bertz CT molecular complexity index is 1140. The lowest BCUT2D eigenvalue weighted by Gasteiger charge is -2.06. The number of furan rings is 1. The first-order chi connectivity index (χ1) is 11.6. The second-order valence-electron chi connectivity index (χ2n) is 5.52. The minimum absolute atomic E-state index is 0.227. The van der Waals surface area contributed by atoms with Crippen LogP contribution >= 0.6 is 0 Å². The molecule has 4 rings (SSSR count). The molecule has 6 heteroatoms. The van der Waals surface area contributed by atoms with Gasteiger partial charge in [0.2, 0.25) is 11.5 Å². The lowest BCUT2D eigenvalue weighted by molar-refractivity contribution is 0.1000. The van der Waals surface area contributed by atoms with Gasteiger partial charge >= 0.3 is 0 Å². The van der Waals surface area contributed by atoms with Gasteiger partial charge in [-0.25, -0.2) is 4.98 Å². The van der Waals surface area contributed by atoms with E-state index in [1.165, 1.54) is 10.9 Å². The molecule has 0 atom stereocenters. The van der Waals surface area contributed by atoms with Crippen molar-refractivity contribution in [1.82, 2.24) is 9.55 Å². The Morgan fingerprint density at radius 3 is 2.83 bits per heavy atom. The molecule has 2 heterocycles. The molecule has 2 aromatic heterocycles. The zero-order valence-corrected chi connectivity index (χ0v) is 12.6. The van der Waals surface area contributed by atoms with Gasteiger partial charge in [0.15, 0.2) is 0 Å². The van der Waals surface area contributed by atoms with Crippen molar-refractivity contribution in [2.24, 2.45) is 5.73 Å². The lowest BCUT2D eigenvalue weighted by atomic mass is 10.1. The summed E-state index contributed by atoms with van der Waals surface area (Å²) < 4.78 is 7.10. The maximum absolute atomic E-state index is 12.7. The minimum Gasteiger partial charge on any atom is -0.448 e. The molecule has 1 amide bonds. The van der Waals surface area contributed by atoms with Gasteiger partial charge in [0.05, 0.1) is 12.9 Å². The van der Waals surface area contributed by atoms with Gasteiger partial charge in [-0.15, -0.1) is 0 Å². The van der Waals surface area contributed by atoms with E-state index >= 15 is 0 Å². The highest BCUT2D eigenvalue weighted by Crippen LogP contribution is 2.24. The molecular formula is C18H13N3O3. The quantitative estimate of drug-likeness (QED) is 0.627. The zero-order valence-electron chi connectivity index (χ0n) is 12.6. The molecule has 0 spiro atoms. The number of nitrogens with two attached hydrogens (primary N) is 1. The lowest BCUT2D eigenvalue weighted by Crippen LogP contribution is -2.21. The first-order valence-electron chi connectivity index (χ1n) is 7.39. The monoisotopic (exact) mass is 319 g/mol. The third-order valence-electron chi connectivity index (χ3n) is 3.92. The van der Waals surface area contributed by atoms with Crippen LogP contribution in [0.4, 0.5) is 0 Å². The van der Waals surface area contributed by atoms with E-state index in [2.05, 4.69) is 4.98 Å². The van der Waals surface area contributed by atoms with Gasteiger partial charge in [-0.1, -0.05) is 24.3 Å². The first kappa shape index (κ1) is 14.2. The SMILES string of the molecule is NC(=O)c1cccc(Cn2cnc3c(oc4ccccc43)c2=O)c1. The third-order valence-corrected chi connectivity index (χ3v) is 3.92. The molecule has 0 aliphatic rings. The van der Waals surface area contributed by atoms with Gasteiger partial charge < -0.3 is 10.2 Å². The van der Waals surface area contributed by atoms with Crippen LogP contribution in [0, 0.1) is 0 Å². The van der Waals surface area contributed by atoms with E-state index in [-0.39, 0.29) is 17.7 Å². The normalized spacial score (nSPS) is 11.2. The number of rotatable bonds is 3. The molecule has 118 valence electrons. The van der Waals surface area contributed by atoms with E-state index in [0.29, 0.717) is 16.7 Å². The Labute approximate surface area is 136 Å². The summed E-state index contributed by atoms with van der Waals surface area (Å²) in [7, 11) is 0. The van der Waals surface area contributed by atoms with Gasteiger partial charge in [0.1, 0.15) is 11.1 Å². The molecular weight excluding hydrogens is 306 g/mol. The Hall–Kier alpha value is -3.41. The smallest absolute Gasteiger partial charge is 0.297 e. The second kappa shape index (κ2) is 5.34. The van der Waals surface area contributed by atoms with Crippen molar-refractivity contribution in [3.8, 4) is 0 Å². The van der Waals surface area contributed by atoms with Crippen LogP contribution in [0.25, 0.3) is 22.1 Å². The number of primary amides is 1. The molecule has 0 aliphatic carbocycles. The maximum Gasteiger partial charge on any atom is 0.297 e. The Kier molecular flexibility index (Phi) is 3.16. The topological polar surface area (TPSA) is 91.1 Å². The van der Waals surface area contributed by atoms with Crippen molar-refractivity contribution in [2.75, 3.05) is 0 Å². The van der Waals surface area contributed by atoms with Crippen molar-refractivity contribution >= 4 is 28.0 Å².